The molecule has 0 aliphatic carbocycles. The van der Waals surface area contributed by atoms with Gasteiger partial charge in [-0.05, 0) is 53.9 Å². The van der Waals surface area contributed by atoms with Crippen LogP contribution in [0.1, 0.15) is 16.8 Å². The molecule has 1 N–H and O–H groups in total. The molecule has 1 saturated heterocycles. The van der Waals surface area contributed by atoms with Gasteiger partial charge in [0.05, 0.1) is 17.0 Å². The number of esters is 1. The van der Waals surface area contributed by atoms with E-state index in [0.717, 1.165) is 11.1 Å². The largest absolute Gasteiger partial charge is 0.452 e. The van der Waals surface area contributed by atoms with Crippen molar-refractivity contribution >= 4 is 33.3 Å². The highest BCUT2D eigenvalue weighted by molar-refractivity contribution is 7.93. The molecule has 4 rings (SSSR count). The molecule has 32 heavy (non-hydrogen) atoms. The molecule has 164 valence electrons. The molecular formula is C24H22N2O5S. The zero-order valence-electron chi connectivity index (χ0n) is 17.2. The number of amides is 1. The molecule has 0 bridgehead atoms. The number of ether oxygens (including phenoxy) is 1. The Balaban J connectivity index is 1.30. The highest BCUT2D eigenvalue weighted by atomic mass is 32.2. The van der Waals surface area contributed by atoms with Gasteiger partial charge in [-0.15, -0.1) is 0 Å². The Kier molecular flexibility index (Phi) is 6.23. The van der Waals surface area contributed by atoms with Crippen LogP contribution in [0.15, 0.2) is 78.9 Å². The Labute approximate surface area is 186 Å². The number of sulfonamides is 1. The Hall–Kier alpha value is -3.65. The normalized spacial score (nSPS) is 14.7. The first kappa shape index (κ1) is 21.6. The summed E-state index contributed by atoms with van der Waals surface area (Å²) in [5, 5.41) is 2.69. The minimum Gasteiger partial charge on any atom is -0.452 e. The van der Waals surface area contributed by atoms with Crippen molar-refractivity contribution in [3.05, 3.63) is 84.4 Å². The Bertz CT molecular complexity index is 1210. The molecule has 1 heterocycles. The molecule has 1 amide bonds. The van der Waals surface area contributed by atoms with Crippen LogP contribution in [0.3, 0.4) is 0 Å². The van der Waals surface area contributed by atoms with Crippen LogP contribution in [0.4, 0.5) is 11.4 Å². The highest BCUT2D eigenvalue weighted by Gasteiger charge is 2.28. The van der Waals surface area contributed by atoms with Crippen molar-refractivity contribution in [2.75, 3.05) is 28.5 Å². The molecule has 8 heteroatoms. The van der Waals surface area contributed by atoms with Crippen molar-refractivity contribution < 1.29 is 22.7 Å². The van der Waals surface area contributed by atoms with Crippen molar-refractivity contribution in [2.45, 2.75) is 6.42 Å². The average molecular weight is 451 g/mol. The summed E-state index contributed by atoms with van der Waals surface area (Å²) in [7, 11) is -3.28. The first-order chi connectivity index (χ1) is 15.4. The molecular weight excluding hydrogens is 428 g/mol. The van der Waals surface area contributed by atoms with Crippen molar-refractivity contribution in [3.8, 4) is 11.1 Å². The summed E-state index contributed by atoms with van der Waals surface area (Å²) < 4.78 is 30.4. The lowest BCUT2D eigenvalue weighted by Gasteiger charge is -2.16. The molecule has 0 aromatic heterocycles. The molecule has 0 spiro atoms. The Morgan fingerprint density at radius 3 is 2.16 bits per heavy atom. The second kappa shape index (κ2) is 9.23. The van der Waals surface area contributed by atoms with E-state index in [-0.39, 0.29) is 11.3 Å². The first-order valence-electron chi connectivity index (χ1n) is 10.2. The van der Waals surface area contributed by atoms with E-state index in [4.69, 9.17) is 4.74 Å². The minimum atomic E-state index is -3.28. The van der Waals surface area contributed by atoms with Crippen molar-refractivity contribution in [3.63, 3.8) is 0 Å². The van der Waals surface area contributed by atoms with E-state index in [1.165, 1.54) is 16.4 Å². The summed E-state index contributed by atoms with van der Waals surface area (Å²) in [4.78, 5) is 24.4. The predicted molar refractivity (Wildman–Crippen MR) is 123 cm³/mol. The third-order valence-corrected chi connectivity index (χ3v) is 6.97. The van der Waals surface area contributed by atoms with Crippen LogP contribution in [0.5, 0.6) is 0 Å². The van der Waals surface area contributed by atoms with Crippen LogP contribution in [0, 0.1) is 0 Å². The fourth-order valence-corrected chi connectivity index (χ4v) is 5.05. The van der Waals surface area contributed by atoms with Gasteiger partial charge < -0.3 is 10.1 Å². The SMILES string of the molecule is O=C(COC(=O)c1ccc(N2CCCS2(=O)=O)cc1)Nc1ccc(-c2ccccc2)cc1. The maximum atomic E-state index is 12.2. The van der Waals surface area contributed by atoms with E-state index >= 15 is 0 Å². The molecule has 7 nitrogen and oxygen atoms in total. The number of nitrogens with one attached hydrogen (secondary N) is 1. The lowest BCUT2D eigenvalue weighted by atomic mass is 10.1. The van der Waals surface area contributed by atoms with Gasteiger partial charge in [0.15, 0.2) is 6.61 Å². The maximum Gasteiger partial charge on any atom is 0.338 e. The van der Waals surface area contributed by atoms with E-state index < -0.39 is 28.5 Å². The van der Waals surface area contributed by atoms with Gasteiger partial charge in [0, 0.05) is 12.2 Å². The second-order valence-electron chi connectivity index (χ2n) is 7.36. The number of hydrogen-bond donors (Lipinski definition) is 1. The average Bonchev–Trinajstić information content (AvgIpc) is 3.17. The van der Waals surface area contributed by atoms with Crippen LogP contribution < -0.4 is 9.62 Å². The number of nitrogens with zero attached hydrogens (tertiary/aromatic N) is 1. The lowest BCUT2D eigenvalue weighted by Crippen LogP contribution is -2.25. The summed E-state index contributed by atoms with van der Waals surface area (Å²) in [6.07, 6.45) is 0.580. The van der Waals surface area contributed by atoms with Gasteiger partial charge in [0.25, 0.3) is 5.91 Å². The number of benzene rings is 3. The summed E-state index contributed by atoms with van der Waals surface area (Å²) in [6.45, 7) is 0.000150. The van der Waals surface area contributed by atoms with Gasteiger partial charge in [-0.1, -0.05) is 42.5 Å². The number of anilines is 2. The zero-order valence-corrected chi connectivity index (χ0v) is 18.0. The predicted octanol–water partition coefficient (Wildman–Crippen LogP) is 3.69. The van der Waals surface area contributed by atoms with Gasteiger partial charge in [-0.25, -0.2) is 13.2 Å². The van der Waals surface area contributed by atoms with Crippen molar-refractivity contribution in [2.24, 2.45) is 0 Å². The first-order valence-corrected chi connectivity index (χ1v) is 11.8. The fraction of sp³-hybridized carbons (Fsp3) is 0.167. The maximum absolute atomic E-state index is 12.2. The highest BCUT2D eigenvalue weighted by Crippen LogP contribution is 2.24. The monoisotopic (exact) mass is 450 g/mol. The van der Waals surface area contributed by atoms with E-state index in [2.05, 4.69) is 5.32 Å². The summed E-state index contributed by atoms with van der Waals surface area (Å²) in [6, 6.07) is 23.4. The number of carbonyl (C=O) groups excluding carboxylic acids is 2. The quantitative estimate of drug-likeness (QED) is 0.578. The molecule has 0 unspecified atom stereocenters. The van der Waals surface area contributed by atoms with E-state index in [9.17, 15) is 18.0 Å². The van der Waals surface area contributed by atoms with Crippen LogP contribution >= 0.6 is 0 Å². The van der Waals surface area contributed by atoms with E-state index in [1.807, 2.05) is 42.5 Å². The molecule has 1 aliphatic heterocycles. The van der Waals surface area contributed by atoms with Crippen LogP contribution in [0.2, 0.25) is 0 Å². The molecule has 1 aliphatic rings. The van der Waals surface area contributed by atoms with E-state index in [0.29, 0.717) is 24.3 Å². The number of rotatable bonds is 6. The van der Waals surface area contributed by atoms with Gasteiger partial charge in [0.1, 0.15) is 0 Å². The van der Waals surface area contributed by atoms with Crippen molar-refractivity contribution in [1.29, 1.82) is 0 Å². The Morgan fingerprint density at radius 1 is 0.875 bits per heavy atom. The minimum absolute atomic E-state index is 0.126. The summed E-state index contributed by atoms with van der Waals surface area (Å²) in [5.74, 6) is -0.984. The van der Waals surface area contributed by atoms with Gasteiger partial charge in [-0.3, -0.25) is 9.10 Å². The second-order valence-corrected chi connectivity index (χ2v) is 9.37. The third-order valence-electron chi connectivity index (χ3n) is 5.10. The molecule has 0 atom stereocenters. The van der Waals surface area contributed by atoms with Crippen LogP contribution in [0.25, 0.3) is 11.1 Å². The smallest absolute Gasteiger partial charge is 0.338 e. The number of hydrogen-bond acceptors (Lipinski definition) is 5. The molecule has 3 aromatic carbocycles. The number of carbonyl (C=O) groups is 2. The summed E-state index contributed by atoms with van der Waals surface area (Å²) in [5.41, 5.74) is 3.45. The topological polar surface area (TPSA) is 92.8 Å². The molecule has 3 aromatic rings. The molecule has 0 radical (unpaired) electrons. The lowest BCUT2D eigenvalue weighted by molar-refractivity contribution is -0.119. The van der Waals surface area contributed by atoms with Gasteiger partial charge in [-0.2, -0.15) is 0 Å². The van der Waals surface area contributed by atoms with Crippen LogP contribution in [-0.4, -0.2) is 39.2 Å². The Morgan fingerprint density at radius 2 is 1.53 bits per heavy atom. The van der Waals surface area contributed by atoms with E-state index in [1.54, 1.807) is 24.3 Å². The molecule has 1 fully saturated rings. The van der Waals surface area contributed by atoms with Crippen LogP contribution in [-0.2, 0) is 19.6 Å². The fourth-order valence-electron chi connectivity index (χ4n) is 3.48. The van der Waals surface area contributed by atoms with Gasteiger partial charge >= 0.3 is 5.97 Å². The zero-order chi connectivity index (χ0) is 22.6. The van der Waals surface area contributed by atoms with Crippen molar-refractivity contribution in [1.82, 2.24) is 0 Å². The standard InChI is InChI=1S/C24H22N2O5S/c27-23(25-21-11-7-19(8-12-21)18-5-2-1-3-6-18)17-31-24(28)20-9-13-22(14-10-20)26-15-4-16-32(26,29)30/h1-3,5-14H,4,15-17H2,(H,25,27). The molecule has 0 saturated carbocycles. The summed E-state index contributed by atoms with van der Waals surface area (Å²) >= 11 is 0. The van der Waals surface area contributed by atoms with Gasteiger partial charge in [0.2, 0.25) is 10.0 Å². The third kappa shape index (κ3) is 4.97.